The molecule has 3 aliphatic rings. The highest BCUT2D eigenvalue weighted by Gasteiger charge is 2.38. The lowest BCUT2D eigenvalue weighted by atomic mass is 9.94. The second-order valence-electron chi connectivity index (χ2n) is 7.05. The molecule has 0 spiro atoms. The maximum Gasteiger partial charge on any atom is 0.276 e. The number of carbonyl (C=O) groups is 1. The molecule has 2 aromatic rings. The van der Waals surface area contributed by atoms with Crippen LogP contribution in [0.25, 0.3) is 0 Å². The lowest BCUT2D eigenvalue weighted by molar-refractivity contribution is 0.0574. The molecule has 0 aliphatic carbocycles. The number of carbonyl (C=O) groups excluding carboxylic acids is 1. The van der Waals surface area contributed by atoms with Gasteiger partial charge < -0.3 is 14.4 Å². The van der Waals surface area contributed by atoms with Crippen molar-refractivity contribution in [3.8, 4) is 0 Å². The van der Waals surface area contributed by atoms with Crippen molar-refractivity contribution >= 4 is 5.91 Å². The molecular formula is C17H23N5O2. The topological polar surface area (TPSA) is 78.3 Å². The molecule has 3 saturated heterocycles. The second kappa shape index (κ2) is 6.05. The highest BCUT2D eigenvalue weighted by Crippen LogP contribution is 2.30. The third kappa shape index (κ3) is 2.84. The molecule has 5 rings (SSSR count). The van der Waals surface area contributed by atoms with Crippen molar-refractivity contribution < 1.29 is 9.32 Å². The van der Waals surface area contributed by atoms with Crippen LogP contribution < -0.4 is 0 Å². The van der Waals surface area contributed by atoms with Gasteiger partial charge in [-0.05, 0) is 32.6 Å². The third-order valence-electron chi connectivity index (χ3n) is 5.20. The molecule has 7 heteroatoms. The van der Waals surface area contributed by atoms with Crippen LogP contribution in [0.5, 0.6) is 0 Å². The van der Waals surface area contributed by atoms with E-state index in [9.17, 15) is 4.79 Å². The first-order chi connectivity index (χ1) is 11.6. The van der Waals surface area contributed by atoms with Gasteiger partial charge in [0.1, 0.15) is 5.76 Å². The van der Waals surface area contributed by atoms with Gasteiger partial charge in [-0.15, -0.1) is 0 Å². The number of fused-ring (bicyclic) bond motifs is 4. The predicted octanol–water partition coefficient (Wildman–Crippen LogP) is 1.75. The van der Waals surface area contributed by atoms with Crippen molar-refractivity contribution in [1.82, 2.24) is 24.9 Å². The summed E-state index contributed by atoms with van der Waals surface area (Å²) in [6.45, 7) is 7.43. The number of piperidine rings is 1. The fraction of sp³-hybridized carbons (Fsp3) is 0.588. The SMILES string of the molecule is Cc1cc(C(=O)N2C[C@H]3CC[C@@H]2CN(Cc2nc[nH]c2C)C3)no1. The molecule has 3 aliphatic heterocycles. The van der Waals surface area contributed by atoms with Crippen LogP contribution in [0, 0.1) is 19.8 Å². The Morgan fingerprint density at radius 3 is 2.92 bits per heavy atom. The Balaban J connectivity index is 1.50. The minimum absolute atomic E-state index is 0.000602. The van der Waals surface area contributed by atoms with Crippen LogP contribution in [0.3, 0.4) is 0 Å². The van der Waals surface area contributed by atoms with Gasteiger partial charge in [-0.3, -0.25) is 9.69 Å². The molecule has 2 bridgehead atoms. The first kappa shape index (κ1) is 15.4. The number of hydrogen-bond acceptors (Lipinski definition) is 5. The first-order valence-corrected chi connectivity index (χ1v) is 8.55. The van der Waals surface area contributed by atoms with Crippen molar-refractivity contribution in [2.45, 2.75) is 39.3 Å². The van der Waals surface area contributed by atoms with Crippen LogP contribution in [0.15, 0.2) is 16.9 Å². The summed E-state index contributed by atoms with van der Waals surface area (Å²) in [7, 11) is 0. The maximum absolute atomic E-state index is 12.8. The molecular weight excluding hydrogens is 306 g/mol. The standard InChI is InChI=1S/C17H23N5O2/c1-11-5-15(20-24-11)17(23)22-7-13-3-4-14(22)8-21(6-13)9-16-12(2)18-10-19-16/h5,10,13-14H,3-4,6-9H2,1-2H3,(H,18,19)/t13-,14+/m0/s1. The maximum atomic E-state index is 12.8. The highest BCUT2D eigenvalue weighted by atomic mass is 16.5. The summed E-state index contributed by atoms with van der Waals surface area (Å²) in [6, 6.07) is 1.97. The number of rotatable bonds is 3. The Kier molecular flexibility index (Phi) is 3.88. The molecule has 2 atom stereocenters. The number of nitrogens with zero attached hydrogens (tertiary/aromatic N) is 4. The zero-order valence-electron chi connectivity index (χ0n) is 14.2. The number of hydrogen-bond donors (Lipinski definition) is 1. The van der Waals surface area contributed by atoms with E-state index >= 15 is 0 Å². The van der Waals surface area contributed by atoms with E-state index in [0.717, 1.165) is 44.0 Å². The molecule has 0 unspecified atom stereocenters. The Hall–Kier alpha value is -2.15. The smallest absolute Gasteiger partial charge is 0.276 e. The van der Waals surface area contributed by atoms with E-state index in [2.05, 4.69) is 26.9 Å². The zero-order chi connectivity index (χ0) is 16.7. The number of aryl methyl sites for hydroxylation is 2. The fourth-order valence-corrected chi connectivity index (χ4v) is 3.93. The summed E-state index contributed by atoms with van der Waals surface area (Å²) in [6.07, 6.45) is 3.99. The van der Waals surface area contributed by atoms with Crippen molar-refractivity contribution in [1.29, 1.82) is 0 Å². The van der Waals surface area contributed by atoms with Gasteiger partial charge in [0.2, 0.25) is 0 Å². The minimum Gasteiger partial charge on any atom is -0.361 e. The Morgan fingerprint density at radius 1 is 1.33 bits per heavy atom. The molecule has 2 aromatic heterocycles. The largest absolute Gasteiger partial charge is 0.361 e. The summed E-state index contributed by atoms with van der Waals surface area (Å²) >= 11 is 0. The molecule has 0 radical (unpaired) electrons. The van der Waals surface area contributed by atoms with Crippen LogP contribution in [-0.2, 0) is 6.54 Å². The van der Waals surface area contributed by atoms with Crippen LogP contribution in [-0.4, -0.2) is 56.5 Å². The molecule has 1 N–H and O–H groups in total. The van der Waals surface area contributed by atoms with Gasteiger partial charge in [-0.2, -0.15) is 0 Å². The monoisotopic (exact) mass is 329 g/mol. The van der Waals surface area contributed by atoms with E-state index < -0.39 is 0 Å². The Morgan fingerprint density at radius 2 is 2.21 bits per heavy atom. The van der Waals surface area contributed by atoms with Gasteiger partial charge in [0.05, 0.1) is 12.0 Å². The van der Waals surface area contributed by atoms with Crippen LogP contribution in [0.4, 0.5) is 0 Å². The lowest BCUT2D eigenvalue weighted by Crippen LogP contribution is -2.47. The molecule has 5 heterocycles. The Bertz CT molecular complexity index is 737. The lowest BCUT2D eigenvalue weighted by Gasteiger charge is -2.35. The number of aromatic nitrogens is 3. The van der Waals surface area contributed by atoms with Crippen molar-refractivity contribution in [2.24, 2.45) is 5.92 Å². The van der Waals surface area contributed by atoms with E-state index in [1.807, 2.05) is 11.8 Å². The van der Waals surface area contributed by atoms with E-state index in [4.69, 9.17) is 4.52 Å². The molecule has 128 valence electrons. The number of aromatic amines is 1. The van der Waals surface area contributed by atoms with Crippen molar-refractivity contribution in [2.75, 3.05) is 19.6 Å². The zero-order valence-corrected chi connectivity index (χ0v) is 14.2. The van der Waals surface area contributed by atoms with Crippen molar-refractivity contribution in [3.05, 3.63) is 35.2 Å². The molecule has 0 aromatic carbocycles. The number of amides is 1. The summed E-state index contributed by atoms with van der Waals surface area (Å²) < 4.78 is 5.07. The van der Waals surface area contributed by atoms with E-state index in [0.29, 0.717) is 17.4 Å². The van der Waals surface area contributed by atoms with Gasteiger partial charge in [0.15, 0.2) is 5.69 Å². The van der Waals surface area contributed by atoms with Gasteiger partial charge in [0, 0.05) is 44.0 Å². The van der Waals surface area contributed by atoms with E-state index in [1.54, 1.807) is 12.4 Å². The molecule has 7 nitrogen and oxygen atoms in total. The number of H-pyrrole nitrogens is 1. The molecule has 24 heavy (non-hydrogen) atoms. The first-order valence-electron chi connectivity index (χ1n) is 8.55. The van der Waals surface area contributed by atoms with Gasteiger partial charge in [0.25, 0.3) is 5.91 Å². The summed E-state index contributed by atoms with van der Waals surface area (Å²) in [4.78, 5) is 24.8. The van der Waals surface area contributed by atoms with E-state index in [1.165, 1.54) is 6.42 Å². The summed E-state index contributed by atoms with van der Waals surface area (Å²) in [5.41, 5.74) is 2.65. The Labute approximate surface area is 141 Å². The van der Waals surface area contributed by atoms with Crippen LogP contribution >= 0.6 is 0 Å². The normalized spacial score (nSPS) is 24.3. The minimum atomic E-state index is -0.000602. The van der Waals surface area contributed by atoms with E-state index in [-0.39, 0.29) is 11.9 Å². The summed E-state index contributed by atoms with van der Waals surface area (Å²) in [5.74, 6) is 1.19. The van der Waals surface area contributed by atoms with Gasteiger partial charge in [-0.25, -0.2) is 4.98 Å². The highest BCUT2D eigenvalue weighted by molar-refractivity contribution is 5.92. The molecule has 0 saturated carbocycles. The fourth-order valence-electron chi connectivity index (χ4n) is 3.93. The van der Waals surface area contributed by atoms with Gasteiger partial charge in [-0.1, -0.05) is 5.16 Å². The van der Waals surface area contributed by atoms with Crippen LogP contribution in [0.2, 0.25) is 0 Å². The quantitative estimate of drug-likeness (QED) is 0.928. The van der Waals surface area contributed by atoms with Crippen LogP contribution in [0.1, 0.15) is 40.5 Å². The van der Waals surface area contributed by atoms with Gasteiger partial charge >= 0.3 is 0 Å². The molecule has 3 fully saturated rings. The number of nitrogens with one attached hydrogen (secondary N) is 1. The third-order valence-corrected chi connectivity index (χ3v) is 5.20. The number of imidazole rings is 1. The molecule has 1 amide bonds. The average molecular weight is 329 g/mol. The second-order valence-corrected chi connectivity index (χ2v) is 7.05. The average Bonchev–Trinajstić information content (AvgIpc) is 3.06. The summed E-state index contributed by atoms with van der Waals surface area (Å²) in [5, 5.41) is 3.90. The van der Waals surface area contributed by atoms with Crippen molar-refractivity contribution in [3.63, 3.8) is 0 Å². The predicted molar refractivity (Wildman–Crippen MR) is 87.4 cm³/mol.